The molecule has 0 saturated heterocycles. The van der Waals surface area contributed by atoms with E-state index >= 15 is 0 Å². The van der Waals surface area contributed by atoms with Gasteiger partial charge < -0.3 is 10.2 Å². The summed E-state index contributed by atoms with van der Waals surface area (Å²) in [5, 5.41) is 20.5. The van der Waals surface area contributed by atoms with E-state index < -0.39 is 0 Å². The Hall–Kier alpha value is -2.34. The number of phenols is 2. The molecule has 2 aromatic carbocycles. The molecule has 0 aliphatic carbocycles. The second-order valence-corrected chi connectivity index (χ2v) is 4.70. The quantitative estimate of drug-likeness (QED) is 0.437. The summed E-state index contributed by atoms with van der Waals surface area (Å²) in [6.07, 6.45) is 3.34. The molecular formula is C18H14N2O2Sn. The van der Waals surface area contributed by atoms with Gasteiger partial charge in [0.25, 0.3) is 0 Å². The van der Waals surface area contributed by atoms with Crippen LogP contribution in [0.3, 0.4) is 0 Å². The first kappa shape index (κ1) is 17.0. The summed E-state index contributed by atoms with van der Waals surface area (Å²) in [6, 6.07) is 18.3. The SMILES string of the molecule is Oc1cccc2cccnc12.Oc1cccc2cccnc12.[Sn]. The third-order valence-electron chi connectivity index (χ3n) is 3.22. The minimum Gasteiger partial charge on any atom is -0.506 e. The van der Waals surface area contributed by atoms with E-state index in [1.807, 2.05) is 36.4 Å². The maximum absolute atomic E-state index is 9.31. The van der Waals surface area contributed by atoms with Gasteiger partial charge in [-0.3, -0.25) is 9.97 Å². The monoisotopic (exact) mass is 410 g/mol. The van der Waals surface area contributed by atoms with Crippen LogP contribution in [0.1, 0.15) is 0 Å². The summed E-state index contributed by atoms with van der Waals surface area (Å²) in [4.78, 5) is 8.06. The van der Waals surface area contributed by atoms with E-state index in [2.05, 4.69) is 9.97 Å². The first-order chi connectivity index (χ1) is 10.8. The van der Waals surface area contributed by atoms with E-state index in [-0.39, 0.29) is 35.4 Å². The molecule has 0 atom stereocenters. The van der Waals surface area contributed by atoms with Crippen molar-refractivity contribution in [3.05, 3.63) is 73.1 Å². The van der Waals surface area contributed by atoms with Crippen LogP contribution < -0.4 is 0 Å². The normalized spacial score (nSPS) is 9.74. The fraction of sp³-hybridized carbons (Fsp3) is 0. The fourth-order valence-corrected chi connectivity index (χ4v) is 2.18. The molecular weight excluding hydrogens is 395 g/mol. The van der Waals surface area contributed by atoms with Crippen molar-refractivity contribution in [2.24, 2.45) is 0 Å². The number of fused-ring (bicyclic) bond motifs is 2. The van der Waals surface area contributed by atoms with Crippen LogP contribution in [0.15, 0.2) is 73.1 Å². The zero-order valence-corrected chi connectivity index (χ0v) is 15.1. The molecule has 5 heteroatoms. The molecule has 112 valence electrons. The van der Waals surface area contributed by atoms with Crippen LogP contribution in [0, 0.1) is 0 Å². The van der Waals surface area contributed by atoms with Crippen LogP contribution in [-0.4, -0.2) is 44.1 Å². The molecule has 0 bridgehead atoms. The first-order valence-corrected chi connectivity index (χ1v) is 6.81. The van der Waals surface area contributed by atoms with Gasteiger partial charge in [-0.25, -0.2) is 0 Å². The number of phenolic OH excluding ortho intramolecular Hbond substituents is 2. The van der Waals surface area contributed by atoms with E-state index in [1.165, 1.54) is 0 Å². The molecule has 0 spiro atoms. The number of pyridine rings is 2. The van der Waals surface area contributed by atoms with Gasteiger partial charge in [0.05, 0.1) is 0 Å². The zero-order valence-electron chi connectivity index (χ0n) is 12.2. The van der Waals surface area contributed by atoms with Crippen LogP contribution in [0.4, 0.5) is 0 Å². The third-order valence-corrected chi connectivity index (χ3v) is 3.22. The second kappa shape index (κ2) is 7.78. The summed E-state index contributed by atoms with van der Waals surface area (Å²) < 4.78 is 0. The molecule has 0 unspecified atom stereocenters. The predicted octanol–water partition coefficient (Wildman–Crippen LogP) is 3.50. The molecule has 23 heavy (non-hydrogen) atoms. The number of benzene rings is 2. The van der Waals surface area contributed by atoms with Gasteiger partial charge in [0.15, 0.2) is 0 Å². The second-order valence-electron chi connectivity index (χ2n) is 4.70. The van der Waals surface area contributed by atoms with Crippen LogP contribution in [0.25, 0.3) is 21.8 Å². The van der Waals surface area contributed by atoms with Crippen molar-refractivity contribution in [2.45, 2.75) is 0 Å². The molecule has 4 rings (SSSR count). The molecule has 0 amide bonds. The van der Waals surface area contributed by atoms with Gasteiger partial charge in [-0.1, -0.05) is 36.4 Å². The van der Waals surface area contributed by atoms with E-state index in [1.54, 1.807) is 36.7 Å². The Morgan fingerprint density at radius 3 is 1.35 bits per heavy atom. The molecule has 4 aromatic rings. The Balaban J connectivity index is 0.000000160. The molecule has 4 radical (unpaired) electrons. The van der Waals surface area contributed by atoms with Crippen molar-refractivity contribution >= 4 is 45.7 Å². The van der Waals surface area contributed by atoms with Gasteiger partial charge >= 0.3 is 0 Å². The molecule has 0 fully saturated rings. The van der Waals surface area contributed by atoms with Crippen molar-refractivity contribution in [3.63, 3.8) is 0 Å². The van der Waals surface area contributed by atoms with Crippen LogP contribution in [0.2, 0.25) is 0 Å². The fourth-order valence-electron chi connectivity index (χ4n) is 2.18. The average molecular weight is 409 g/mol. The molecule has 4 nitrogen and oxygen atoms in total. The summed E-state index contributed by atoms with van der Waals surface area (Å²) in [6.45, 7) is 0. The Morgan fingerprint density at radius 1 is 0.565 bits per heavy atom. The third kappa shape index (κ3) is 3.90. The number of para-hydroxylation sites is 2. The minimum atomic E-state index is 0. The molecule has 2 heterocycles. The van der Waals surface area contributed by atoms with Crippen molar-refractivity contribution in [2.75, 3.05) is 0 Å². The standard InChI is InChI=1S/2C9H7NO.Sn/c2*11-8-5-1-3-7-4-2-6-10-9(7)8;/h2*1-6,11H;. The summed E-state index contributed by atoms with van der Waals surface area (Å²) in [7, 11) is 0. The average Bonchev–Trinajstić information content (AvgIpc) is 2.57. The molecule has 2 N–H and O–H groups in total. The number of rotatable bonds is 0. The van der Waals surface area contributed by atoms with Gasteiger partial charge in [0.2, 0.25) is 0 Å². The van der Waals surface area contributed by atoms with Gasteiger partial charge in [0.1, 0.15) is 22.5 Å². The van der Waals surface area contributed by atoms with Crippen molar-refractivity contribution < 1.29 is 10.2 Å². The summed E-state index contributed by atoms with van der Waals surface area (Å²) >= 11 is 0. The van der Waals surface area contributed by atoms with E-state index in [0.717, 1.165) is 10.8 Å². The van der Waals surface area contributed by atoms with Crippen LogP contribution in [-0.2, 0) is 0 Å². The zero-order chi connectivity index (χ0) is 15.4. The topological polar surface area (TPSA) is 66.2 Å². The van der Waals surface area contributed by atoms with Crippen molar-refractivity contribution in [1.82, 2.24) is 9.97 Å². The molecule has 0 saturated carbocycles. The Kier molecular flexibility index (Phi) is 5.76. The number of aromatic hydroxyl groups is 2. The predicted molar refractivity (Wildman–Crippen MR) is 92.6 cm³/mol. The summed E-state index contributed by atoms with van der Waals surface area (Å²) in [5.74, 6) is 0.478. The smallest absolute Gasteiger partial charge is 0.141 e. The number of nitrogens with zero attached hydrogens (tertiary/aromatic N) is 2. The van der Waals surface area contributed by atoms with Gasteiger partial charge in [0, 0.05) is 47.1 Å². The molecule has 2 aromatic heterocycles. The molecule has 0 aliphatic heterocycles. The number of hydrogen-bond donors (Lipinski definition) is 2. The Morgan fingerprint density at radius 2 is 0.957 bits per heavy atom. The Labute approximate surface area is 150 Å². The number of hydrogen-bond acceptors (Lipinski definition) is 4. The van der Waals surface area contributed by atoms with E-state index in [4.69, 9.17) is 0 Å². The molecule has 0 aliphatic rings. The van der Waals surface area contributed by atoms with E-state index in [9.17, 15) is 10.2 Å². The van der Waals surface area contributed by atoms with Crippen molar-refractivity contribution in [3.8, 4) is 11.5 Å². The maximum atomic E-state index is 9.31. The van der Waals surface area contributed by atoms with Gasteiger partial charge in [-0.05, 0) is 24.3 Å². The van der Waals surface area contributed by atoms with Crippen LogP contribution in [0.5, 0.6) is 11.5 Å². The first-order valence-electron chi connectivity index (χ1n) is 6.81. The van der Waals surface area contributed by atoms with E-state index in [0.29, 0.717) is 11.0 Å². The van der Waals surface area contributed by atoms with Gasteiger partial charge in [-0.2, -0.15) is 0 Å². The number of aromatic nitrogens is 2. The largest absolute Gasteiger partial charge is 0.506 e. The van der Waals surface area contributed by atoms with Crippen LogP contribution >= 0.6 is 0 Å². The van der Waals surface area contributed by atoms with Crippen molar-refractivity contribution in [1.29, 1.82) is 0 Å². The van der Waals surface area contributed by atoms with Gasteiger partial charge in [-0.15, -0.1) is 0 Å². The maximum Gasteiger partial charge on any atom is 0.141 e. The Bertz CT molecular complexity index is 841. The summed E-state index contributed by atoms with van der Waals surface area (Å²) in [5.41, 5.74) is 1.32. The minimum absolute atomic E-state index is 0.